The largest absolute Gasteiger partial charge is 0.445 e. The van der Waals surface area contributed by atoms with Gasteiger partial charge in [0.05, 0.1) is 11.8 Å². The van der Waals surface area contributed by atoms with Crippen molar-refractivity contribution in [2.75, 3.05) is 25.4 Å². The van der Waals surface area contributed by atoms with E-state index >= 15 is 0 Å². The summed E-state index contributed by atoms with van der Waals surface area (Å²) in [6.07, 6.45) is -0.110. The highest BCUT2D eigenvalue weighted by molar-refractivity contribution is 8.14. The van der Waals surface area contributed by atoms with Crippen molar-refractivity contribution in [2.24, 2.45) is 0 Å². The third kappa shape index (κ3) is 4.34. The number of nitrogens with one attached hydrogen (secondary N) is 1. The molecular weight excluding hydrogens is 358 g/mol. The number of likely N-dealkylation sites (tertiary alicyclic amines) is 1. The zero-order valence-electron chi connectivity index (χ0n) is 14.1. The Morgan fingerprint density at radius 2 is 2.00 bits per heavy atom. The number of amides is 4. The molecule has 1 aromatic rings. The SMILES string of the molecule is O=C(NCC(=O)N1CCC(N2C(=O)CSC2=O)C1)OCc1ccccc1. The number of rotatable bonds is 5. The number of nitrogens with zero attached hydrogens (tertiary/aromatic N) is 2. The maximum Gasteiger partial charge on any atom is 0.407 e. The van der Waals surface area contributed by atoms with E-state index in [2.05, 4.69) is 5.32 Å². The average molecular weight is 377 g/mol. The normalized spacial score (nSPS) is 19.8. The van der Waals surface area contributed by atoms with Crippen LogP contribution in [-0.2, 0) is 20.9 Å². The van der Waals surface area contributed by atoms with Gasteiger partial charge < -0.3 is 15.0 Å². The molecule has 0 bridgehead atoms. The van der Waals surface area contributed by atoms with E-state index in [4.69, 9.17) is 4.74 Å². The van der Waals surface area contributed by atoms with Crippen LogP contribution in [0.4, 0.5) is 9.59 Å². The van der Waals surface area contributed by atoms with Crippen LogP contribution in [-0.4, -0.2) is 64.4 Å². The van der Waals surface area contributed by atoms with Gasteiger partial charge >= 0.3 is 6.09 Å². The lowest BCUT2D eigenvalue weighted by Crippen LogP contribution is -2.43. The lowest BCUT2D eigenvalue weighted by molar-refractivity contribution is -0.130. The first-order valence-electron chi connectivity index (χ1n) is 8.25. The minimum atomic E-state index is -0.667. The Hall–Kier alpha value is -2.55. The molecule has 0 spiro atoms. The molecule has 2 heterocycles. The predicted octanol–water partition coefficient (Wildman–Crippen LogP) is 1.21. The van der Waals surface area contributed by atoms with Crippen molar-refractivity contribution in [3.63, 3.8) is 0 Å². The quantitative estimate of drug-likeness (QED) is 0.829. The van der Waals surface area contributed by atoms with Crippen LogP contribution in [0.15, 0.2) is 30.3 Å². The molecule has 1 atom stereocenters. The summed E-state index contributed by atoms with van der Waals surface area (Å²) in [6.45, 7) is 0.698. The number of thioether (sulfide) groups is 1. The molecule has 1 aromatic carbocycles. The number of benzene rings is 1. The summed E-state index contributed by atoms with van der Waals surface area (Å²) >= 11 is 0.988. The second-order valence-corrected chi connectivity index (χ2v) is 6.94. The van der Waals surface area contributed by atoms with Crippen LogP contribution < -0.4 is 5.32 Å². The highest BCUT2D eigenvalue weighted by Gasteiger charge is 2.40. The Labute approximate surface area is 154 Å². The van der Waals surface area contributed by atoms with Gasteiger partial charge in [-0.1, -0.05) is 42.1 Å². The van der Waals surface area contributed by atoms with Crippen molar-refractivity contribution in [1.82, 2.24) is 15.1 Å². The van der Waals surface area contributed by atoms with E-state index < -0.39 is 6.09 Å². The third-order valence-corrected chi connectivity index (χ3v) is 5.10. The Balaban J connectivity index is 1.40. The third-order valence-electron chi connectivity index (χ3n) is 4.26. The molecule has 3 rings (SSSR count). The number of ether oxygens (including phenoxy) is 1. The average Bonchev–Trinajstić information content (AvgIpc) is 3.25. The Morgan fingerprint density at radius 1 is 1.23 bits per heavy atom. The van der Waals surface area contributed by atoms with E-state index in [1.54, 1.807) is 4.90 Å². The molecule has 2 fully saturated rings. The summed E-state index contributed by atoms with van der Waals surface area (Å²) in [4.78, 5) is 50.2. The van der Waals surface area contributed by atoms with Crippen LogP contribution >= 0.6 is 11.8 Å². The molecule has 0 radical (unpaired) electrons. The molecule has 2 saturated heterocycles. The van der Waals surface area contributed by atoms with Crippen molar-refractivity contribution < 1.29 is 23.9 Å². The van der Waals surface area contributed by atoms with Gasteiger partial charge in [0.15, 0.2) is 0 Å². The van der Waals surface area contributed by atoms with Crippen LogP contribution in [0.2, 0.25) is 0 Å². The maximum atomic E-state index is 12.2. The fourth-order valence-corrected chi connectivity index (χ4v) is 3.71. The molecule has 2 aliphatic rings. The minimum absolute atomic E-state index is 0.128. The van der Waals surface area contributed by atoms with Gasteiger partial charge in [0, 0.05) is 13.1 Å². The molecule has 0 aromatic heterocycles. The van der Waals surface area contributed by atoms with Crippen LogP contribution in [0.5, 0.6) is 0 Å². The first kappa shape index (κ1) is 18.2. The van der Waals surface area contributed by atoms with Crippen molar-refractivity contribution >= 4 is 34.9 Å². The summed E-state index contributed by atoms with van der Waals surface area (Å²) in [5.74, 6) is -0.309. The maximum absolute atomic E-state index is 12.2. The van der Waals surface area contributed by atoms with E-state index in [1.165, 1.54) is 4.90 Å². The molecule has 0 saturated carbocycles. The van der Waals surface area contributed by atoms with Gasteiger partial charge in [0.2, 0.25) is 11.8 Å². The van der Waals surface area contributed by atoms with Gasteiger partial charge in [-0.2, -0.15) is 0 Å². The fraction of sp³-hybridized carbons (Fsp3) is 0.412. The van der Waals surface area contributed by atoms with E-state index in [9.17, 15) is 19.2 Å². The van der Waals surface area contributed by atoms with Crippen molar-refractivity contribution in [3.05, 3.63) is 35.9 Å². The van der Waals surface area contributed by atoms with Crippen molar-refractivity contribution in [3.8, 4) is 0 Å². The van der Waals surface area contributed by atoms with Gasteiger partial charge in [-0.05, 0) is 12.0 Å². The zero-order chi connectivity index (χ0) is 18.5. The van der Waals surface area contributed by atoms with Gasteiger partial charge in [-0.3, -0.25) is 19.3 Å². The molecule has 0 aliphatic carbocycles. The Morgan fingerprint density at radius 3 is 2.69 bits per heavy atom. The molecule has 9 heteroatoms. The topological polar surface area (TPSA) is 96.0 Å². The molecular formula is C17H19N3O5S. The number of imide groups is 1. The smallest absolute Gasteiger partial charge is 0.407 e. The number of carbonyl (C=O) groups excluding carboxylic acids is 4. The minimum Gasteiger partial charge on any atom is -0.445 e. The van der Waals surface area contributed by atoms with Crippen LogP contribution in [0.3, 0.4) is 0 Å². The van der Waals surface area contributed by atoms with Crippen molar-refractivity contribution in [2.45, 2.75) is 19.1 Å². The predicted molar refractivity (Wildman–Crippen MR) is 94.3 cm³/mol. The zero-order valence-corrected chi connectivity index (χ0v) is 14.9. The molecule has 4 amide bonds. The lowest BCUT2D eigenvalue weighted by Gasteiger charge is -2.22. The number of carbonyl (C=O) groups is 4. The fourth-order valence-electron chi connectivity index (χ4n) is 2.93. The Bertz CT molecular complexity index is 696. The summed E-state index contributed by atoms with van der Waals surface area (Å²) in [5, 5.41) is 2.17. The van der Waals surface area contributed by atoms with Crippen molar-refractivity contribution in [1.29, 1.82) is 0 Å². The van der Waals surface area contributed by atoms with E-state index in [0.29, 0.717) is 19.5 Å². The molecule has 1 N–H and O–H groups in total. The van der Waals surface area contributed by atoms with E-state index in [0.717, 1.165) is 17.3 Å². The molecule has 8 nitrogen and oxygen atoms in total. The van der Waals surface area contributed by atoms with E-state index in [1.807, 2.05) is 30.3 Å². The molecule has 26 heavy (non-hydrogen) atoms. The number of hydrogen-bond donors (Lipinski definition) is 1. The first-order chi connectivity index (χ1) is 12.5. The summed E-state index contributed by atoms with van der Waals surface area (Å²) in [5.41, 5.74) is 0.856. The summed E-state index contributed by atoms with van der Waals surface area (Å²) in [7, 11) is 0. The van der Waals surface area contributed by atoms with Gasteiger partial charge in [0.25, 0.3) is 5.24 Å². The Kier molecular flexibility index (Phi) is 5.77. The van der Waals surface area contributed by atoms with Gasteiger partial charge in [-0.15, -0.1) is 0 Å². The highest BCUT2D eigenvalue weighted by atomic mass is 32.2. The highest BCUT2D eigenvalue weighted by Crippen LogP contribution is 2.26. The first-order valence-corrected chi connectivity index (χ1v) is 9.24. The molecule has 1 unspecified atom stereocenters. The standard InChI is InChI=1S/C17H19N3O5S/c21-14(8-18-16(23)25-10-12-4-2-1-3-5-12)19-7-6-13(9-19)20-15(22)11-26-17(20)24/h1-5,13H,6-11H2,(H,18,23). The molecule has 138 valence electrons. The second kappa shape index (κ2) is 8.22. The number of alkyl carbamates (subject to hydrolysis) is 1. The van der Waals surface area contributed by atoms with Gasteiger partial charge in [-0.25, -0.2) is 4.79 Å². The van der Waals surface area contributed by atoms with Gasteiger partial charge in [0.1, 0.15) is 13.2 Å². The van der Waals surface area contributed by atoms with E-state index in [-0.39, 0.29) is 42.0 Å². The second-order valence-electron chi connectivity index (χ2n) is 6.02. The monoisotopic (exact) mass is 377 g/mol. The van der Waals surface area contributed by atoms with Crippen LogP contribution in [0.1, 0.15) is 12.0 Å². The van der Waals surface area contributed by atoms with Crippen LogP contribution in [0.25, 0.3) is 0 Å². The summed E-state index contributed by atoms with van der Waals surface area (Å²) < 4.78 is 5.05. The lowest BCUT2D eigenvalue weighted by atomic mass is 10.2. The van der Waals surface area contributed by atoms with Crippen LogP contribution in [0, 0.1) is 0 Å². The summed E-state index contributed by atoms with van der Waals surface area (Å²) in [6, 6.07) is 8.95. The number of hydrogen-bond acceptors (Lipinski definition) is 6. The molecule has 2 aliphatic heterocycles.